The third kappa shape index (κ3) is 2.06. The Kier molecular flexibility index (Phi) is 3.42. The van der Waals surface area contributed by atoms with Gasteiger partial charge in [0.05, 0.1) is 5.69 Å². The molecule has 0 saturated carbocycles. The molecule has 2 aromatic rings. The van der Waals surface area contributed by atoms with Gasteiger partial charge in [0.15, 0.2) is 0 Å². The van der Waals surface area contributed by atoms with Crippen LogP contribution in [0.1, 0.15) is 10.4 Å². The molecule has 2 aliphatic heterocycles. The molecule has 0 bridgehead atoms. The lowest BCUT2D eigenvalue weighted by Crippen LogP contribution is -2.51. The number of rotatable bonds is 1. The molecule has 2 aliphatic rings. The topological polar surface area (TPSA) is 57.7 Å². The monoisotopic (exact) mass is 338 g/mol. The Bertz CT molecular complexity index is 852. The van der Waals surface area contributed by atoms with Gasteiger partial charge >= 0.3 is 0 Å². The second kappa shape index (κ2) is 5.49. The molecule has 0 spiro atoms. The molecule has 3 amide bonds. The van der Waals surface area contributed by atoms with Crippen molar-refractivity contribution in [3.63, 3.8) is 0 Å². The fraction of sp³-hybridized carbons (Fsp3) is 0.167. The SMILES string of the molecule is CN1C(=O)C2Sc3ccccc3N(C(=O)c3ccccc3)C2C1=O. The van der Waals surface area contributed by atoms with E-state index < -0.39 is 11.3 Å². The van der Waals surface area contributed by atoms with Gasteiger partial charge in [-0.2, -0.15) is 0 Å². The van der Waals surface area contributed by atoms with Crippen LogP contribution in [0.15, 0.2) is 59.5 Å². The van der Waals surface area contributed by atoms with E-state index in [0.29, 0.717) is 11.3 Å². The van der Waals surface area contributed by atoms with E-state index in [1.165, 1.54) is 23.7 Å². The lowest BCUT2D eigenvalue weighted by Gasteiger charge is -2.35. The number of anilines is 1. The standard InChI is InChI=1S/C18H14N2O3S/c1-19-17(22)14-15(18(19)23)24-13-10-6-5-9-12(13)20(14)16(21)11-7-3-2-4-8-11/h2-10,14-15H,1H3. The van der Waals surface area contributed by atoms with Crippen molar-refractivity contribution in [3.8, 4) is 0 Å². The average molecular weight is 338 g/mol. The Hall–Kier alpha value is -2.60. The van der Waals surface area contributed by atoms with Crippen molar-refractivity contribution >= 4 is 35.2 Å². The van der Waals surface area contributed by atoms with Crippen LogP contribution < -0.4 is 4.90 Å². The molecule has 0 N–H and O–H groups in total. The summed E-state index contributed by atoms with van der Waals surface area (Å²) in [6.45, 7) is 0. The van der Waals surface area contributed by atoms with Gasteiger partial charge in [-0.15, -0.1) is 11.8 Å². The number of amides is 3. The van der Waals surface area contributed by atoms with Gasteiger partial charge in [-0.1, -0.05) is 30.3 Å². The summed E-state index contributed by atoms with van der Waals surface area (Å²) in [6, 6.07) is 15.4. The molecule has 4 rings (SSSR count). The van der Waals surface area contributed by atoms with E-state index in [9.17, 15) is 14.4 Å². The molecule has 2 aromatic carbocycles. The molecule has 24 heavy (non-hydrogen) atoms. The minimum Gasteiger partial charge on any atom is -0.293 e. The average Bonchev–Trinajstić information content (AvgIpc) is 2.84. The highest BCUT2D eigenvalue weighted by atomic mass is 32.2. The van der Waals surface area contributed by atoms with Crippen LogP contribution in [0.5, 0.6) is 0 Å². The van der Waals surface area contributed by atoms with Gasteiger partial charge in [0.2, 0.25) is 5.91 Å². The Labute approximate surface area is 143 Å². The molecule has 0 radical (unpaired) electrons. The highest BCUT2D eigenvalue weighted by Gasteiger charge is 2.54. The van der Waals surface area contributed by atoms with E-state index in [1.807, 2.05) is 30.3 Å². The zero-order valence-electron chi connectivity index (χ0n) is 12.9. The Balaban J connectivity index is 1.87. The number of likely N-dealkylation sites (N-methyl/N-ethyl adjacent to an activating group) is 1. The van der Waals surface area contributed by atoms with Gasteiger partial charge in [-0.25, -0.2) is 0 Å². The van der Waals surface area contributed by atoms with E-state index in [4.69, 9.17) is 0 Å². The van der Waals surface area contributed by atoms with Crippen LogP contribution in [-0.4, -0.2) is 41.0 Å². The Morgan fingerprint density at radius 2 is 1.62 bits per heavy atom. The van der Waals surface area contributed by atoms with Crippen molar-refractivity contribution in [2.24, 2.45) is 0 Å². The zero-order valence-corrected chi connectivity index (χ0v) is 13.7. The summed E-state index contributed by atoms with van der Waals surface area (Å²) < 4.78 is 0. The number of thioether (sulfide) groups is 1. The van der Waals surface area contributed by atoms with Crippen molar-refractivity contribution in [1.82, 2.24) is 4.90 Å². The van der Waals surface area contributed by atoms with Gasteiger partial charge in [0, 0.05) is 17.5 Å². The second-order valence-electron chi connectivity index (χ2n) is 5.73. The summed E-state index contributed by atoms with van der Waals surface area (Å²) in [6.07, 6.45) is 0. The molecule has 1 saturated heterocycles. The van der Waals surface area contributed by atoms with Crippen molar-refractivity contribution < 1.29 is 14.4 Å². The van der Waals surface area contributed by atoms with Crippen LogP contribution in [0.4, 0.5) is 5.69 Å². The molecule has 2 unspecified atom stereocenters. The normalized spacial score (nSPS) is 22.4. The molecule has 0 aromatic heterocycles. The maximum absolute atomic E-state index is 13.1. The summed E-state index contributed by atoms with van der Waals surface area (Å²) >= 11 is 1.35. The van der Waals surface area contributed by atoms with Crippen LogP contribution in [0.3, 0.4) is 0 Å². The lowest BCUT2D eigenvalue weighted by molar-refractivity contribution is -0.136. The molecule has 5 nitrogen and oxygen atoms in total. The highest BCUT2D eigenvalue weighted by Crippen LogP contribution is 2.45. The first-order valence-corrected chi connectivity index (χ1v) is 8.43. The molecule has 120 valence electrons. The van der Waals surface area contributed by atoms with E-state index in [0.717, 1.165) is 9.80 Å². The first kappa shape index (κ1) is 15.0. The van der Waals surface area contributed by atoms with Crippen molar-refractivity contribution in [2.75, 3.05) is 11.9 Å². The van der Waals surface area contributed by atoms with Gasteiger partial charge in [-0.05, 0) is 24.3 Å². The summed E-state index contributed by atoms with van der Waals surface area (Å²) in [5, 5.41) is -0.593. The summed E-state index contributed by atoms with van der Waals surface area (Å²) in [7, 11) is 1.47. The minimum absolute atomic E-state index is 0.254. The fourth-order valence-corrected chi connectivity index (χ4v) is 4.46. The van der Waals surface area contributed by atoms with Gasteiger partial charge in [-0.3, -0.25) is 24.2 Å². The first-order valence-electron chi connectivity index (χ1n) is 7.55. The zero-order chi connectivity index (χ0) is 16.8. The second-order valence-corrected chi connectivity index (χ2v) is 6.91. The third-order valence-electron chi connectivity index (χ3n) is 4.34. The largest absolute Gasteiger partial charge is 0.293 e. The van der Waals surface area contributed by atoms with Crippen LogP contribution in [-0.2, 0) is 9.59 Å². The summed E-state index contributed by atoms with van der Waals surface area (Å²) in [5.74, 6) is -0.860. The van der Waals surface area contributed by atoms with E-state index in [-0.39, 0.29) is 17.7 Å². The highest BCUT2D eigenvalue weighted by molar-refractivity contribution is 8.01. The van der Waals surface area contributed by atoms with Gasteiger partial charge in [0.25, 0.3) is 11.8 Å². The Morgan fingerprint density at radius 3 is 2.38 bits per heavy atom. The molecule has 0 aliphatic carbocycles. The molecule has 2 heterocycles. The maximum Gasteiger partial charge on any atom is 0.259 e. The number of nitrogens with zero attached hydrogens (tertiary/aromatic N) is 2. The maximum atomic E-state index is 13.1. The fourth-order valence-electron chi connectivity index (χ4n) is 3.12. The Morgan fingerprint density at radius 1 is 0.958 bits per heavy atom. The predicted molar refractivity (Wildman–Crippen MR) is 90.9 cm³/mol. The molecular weight excluding hydrogens is 324 g/mol. The van der Waals surface area contributed by atoms with Crippen LogP contribution in [0.25, 0.3) is 0 Å². The number of carbonyl (C=O) groups is 3. The van der Waals surface area contributed by atoms with Crippen LogP contribution in [0.2, 0.25) is 0 Å². The third-order valence-corrected chi connectivity index (χ3v) is 5.65. The number of para-hydroxylation sites is 1. The number of fused-ring (bicyclic) bond motifs is 2. The van der Waals surface area contributed by atoms with Crippen molar-refractivity contribution in [1.29, 1.82) is 0 Å². The number of carbonyl (C=O) groups excluding carboxylic acids is 3. The van der Waals surface area contributed by atoms with Crippen molar-refractivity contribution in [3.05, 3.63) is 60.2 Å². The molecule has 6 heteroatoms. The van der Waals surface area contributed by atoms with Crippen molar-refractivity contribution in [2.45, 2.75) is 16.2 Å². The van der Waals surface area contributed by atoms with Gasteiger partial charge in [0.1, 0.15) is 11.3 Å². The quantitative estimate of drug-likeness (QED) is 0.748. The summed E-state index contributed by atoms with van der Waals surface area (Å²) in [4.78, 5) is 41.6. The molecular formula is C18H14N2O3S. The van der Waals surface area contributed by atoms with E-state index >= 15 is 0 Å². The van der Waals surface area contributed by atoms with Gasteiger partial charge < -0.3 is 0 Å². The lowest BCUT2D eigenvalue weighted by atomic mass is 10.1. The predicted octanol–water partition coefficient (Wildman–Crippen LogP) is 2.17. The van der Waals surface area contributed by atoms with E-state index in [2.05, 4.69) is 0 Å². The number of benzene rings is 2. The summed E-state index contributed by atoms with van der Waals surface area (Å²) in [5.41, 5.74) is 1.17. The number of imide groups is 1. The smallest absolute Gasteiger partial charge is 0.259 e. The number of likely N-dealkylation sites (tertiary alicyclic amines) is 1. The molecule has 2 atom stereocenters. The van der Waals surface area contributed by atoms with Crippen LogP contribution in [0, 0.1) is 0 Å². The van der Waals surface area contributed by atoms with E-state index in [1.54, 1.807) is 24.3 Å². The number of hydrogen-bond donors (Lipinski definition) is 0. The minimum atomic E-state index is -0.796. The van der Waals surface area contributed by atoms with Crippen LogP contribution >= 0.6 is 11.8 Å². The molecule has 1 fully saturated rings. The first-order chi connectivity index (χ1) is 11.6. The number of hydrogen-bond acceptors (Lipinski definition) is 4.